The number of nitrogens with one attached hydrogen (secondary N) is 3. The maximum Gasteiger partial charge on any atom is 0.251 e. The third kappa shape index (κ3) is 9.09. The average Bonchev–Trinajstić information content (AvgIpc) is 2.86. The summed E-state index contributed by atoms with van der Waals surface area (Å²) < 4.78 is 28.0. The van der Waals surface area contributed by atoms with E-state index in [1.54, 1.807) is 25.1 Å². The molecule has 0 heterocycles. The van der Waals surface area contributed by atoms with Gasteiger partial charge < -0.3 is 21.1 Å². The fourth-order valence-electron chi connectivity index (χ4n) is 3.53. The molecule has 2 aromatic carbocycles. The number of aliphatic imine (C=N–C) groups is 1. The summed E-state index contributed by atoms with van der Waals surface area (Å²) in [5, 5.41) is 17.9. The third-order valence-electron chi connectivity index (χ3n) is 5.67. The summed E-state index contributed by atoms with van der Waals surface area (Å²) in [7, 11) is 0. The van der Waals surface area contributed by atoms with Gasteiger partial charge in [-0.15, -0.1) is 0 Å². The number of hydrogen-bond donors (Lipinski definition) is 4. The van der Waals surface area contributed by atoms with E-state index in [1.807, 2.05) is 19.9 Å². The minimum absolute atomic E-state index is 0.0216. The summed E-state index contributed by atoms with van der Waals surface area (Å²) in [4.78, 5) is 28.5. The Morgan fingerprint density at radius 2 is 1.73 bits per heavy atom. The van der Waals surface area contributed by atoms with Crippen molar-refractivity contribution in [3.05, 3.63) is 70.4 Å². The lowest BCUT2D eigenvalue weighted by atomic mass is 10.0. The zero-order chi connectivity index (χ0) is 27.5. The quantitative estimate of drug-likeness (QED) is 0.249. The van der Waals surface area contributed by atoms with Gasteiger partial charge in [-0.05, 0) is 69.0 Å². The Labute approximate surface area is 217 Å². The molecule has 0 aliphatic heterocycles. The van der Waals surface area contributed by atoms with Crippen LogP contribution >= 0.6 is 0 Å². The van der Waals surface area contributed by atoms with E-state index in [0.29, 0.717) is 24.1 Å². The summed E-state index contributed by atoms with van der Waals surface area (Å²) in [6.45, 7) is 9.49. The minimum Gasteiger partial charge on any atom is -0.393 e. The molecule has 0 saturated carbocycles. The molecule has 1 unspecified atom stereocenters. The van der Waals surface area contributed by atoms with Crippen molar-refractivity contribution in [2.45, 2.75) is 53.6 Å². The van der Waals surface area contributed by atoms with E-state index in [-0.39, 0.29) is 42.5 Å². The van der Waals surface area contributed by atoms with Crippen LogP contribution in [0.15, 0.2) is 41.5 Å². The second-order valence-electron chi connectivity index (χ2n) is 8.97. The first-order chi connectivity index (χ1) is 17.5. The first-order valence-corrected chi connectivity index (χ1v) is 12.3. The molecule has 0 bridgehead atoms. The number of anilines is 1. The Bertz CT molecular complexity index is 1180. The first kappa shape index (κ1) is 29.6. The van der Waals surface area contributed by atoms with Gasteiger partial charge in [0, 0.05) is 41.8 Å². The molecule has 37 heavy (non-hydrogen) atoms. The topological polar surface area (TPSA) is 103 Å². The summed E-state index contributed by atoms with van der Waals surface area (Å²) in [6.07, 6.45) is 1.48. The average molecular weight is 515 g/mol. The van der Waals surface area contributed by atoms with Crippen LogP contribution < -0.4 is 16.0 Å². The number of nitrogens with zero attached hydrogens (tertiary/aromatic N) is 1. The lowest BCUT2D eigenvalue weighted by Gasteiger charge is -2.13. The summed E-state index contributed by atoms with van der Waals surface area (Å²) in [6, 6.07) is 8.53. The van der Waals surface area contributed by atoms with Crippen LogP contribution in [0.4, 0.5) is 14.5 Å². The highest BCUT2D eigenvalue weighted by molar-refractivity contribution is 5.96. The SMILES string of the molecule is CCc1cc(NC/C(C)=N/C=C(\C)c2ccc(C)c(F)c2F)ccc1C(=O)NCCNC(=O)CC(C)O. The van der Waals surface area contributed by atoms with Gasteiger partial charge in [-0.3, -0.25) is 14.6 Å². The predicted molar refractivity (Wildman–Crippen MR) is 144 cm³/mol. The lowest BCUT2D eigenvalue weighted by Crippen LogP contribution is -2.35. The van der Waals surface area contributed by atoms with Crippen LogP contribution in [-0.4, -0.2) is 48.4 Å². The maximum absolute atomic E-state index is 14.2. The molecule has 0 aromatic heterocycles. The van der Waals surface area contributed by atoms with Gasteiger partial charge in [-0.1, -0.05) is 19.1 Å². The standard InChI is InChI=1S/C28H36F2N4O3/c1-6-21-14-22(8-10-24(21)28(37)32-12-11-31-25(36)13-20(5)35)34-16-19(4)33-15-18(3)23-9-7-17(2)26(29)27(23)30/h7-10,14-15,20,34-35H,6,11-13,16H2,1-5H3,(H,31,36)(H,32,37)/b18-15+,33-19+. The van der Waals surface area contributed by atoms with E-state index in [1.165, 1.54) is 26.1 Å². The molecule has 0 aliphatic rings. The molecular formula is C28H36F2N4O3. The Morgan fingerprint density at radius 1 is 1.05 bits per heavy atom. The van der Waals surface area contributed by atoms with Gasteiger partial charge in [0.05, 0.1) is 19.1 Å². The molecule has 0 radical (unpaired) electrons. The fourth-order valence-corrected chi connectivity index (χ4v) is 3.53. The predicted octanol–water partition coefficient (Wildman–Crippen LogP) is 4.39. The summed E-state index contributed by atoms with van der Waals surface area (Å²) >= 11 is 0. The molecule has 1 atom stereocenters. The lowest BCUT2D eigenvalue weighted by molar-refractivity contribution is -0.122. The van der Waals surface area contributed by atoms with Gasteiger partial charge in [0.2, 0.25) is 5.91 Å². The van der Waals surface area contributed by atoms with E-state index in [4.69, 9.17) is 0 Å². The number of benzene rings is 2. The van der Waals surface area contributed by atoms with Crippen molar-refractivity contribution in [1.29, 1.82) is 0 Å². The van der Waals surface area contributed by atoms with Crippen molar-refractivity contribution in [2.24, 2.45) is 4.99 Å². The number of hydrogen-bond acceptors (Lipinski definition) is 5. The van der Waals surface area contributed by atoms with Gasteiger partial charge in [-0.25, -0.2) is 8.78 Å². The molecule has 2 rings (SSSR count). The first-order valence-electron chi connectivity index (χ1n) is 12.3. The molecule has 7 nitrogen and oxygen atoms in total. The Morgan fingerprint density at radius 3 is 2.41 bits per heavy atom. The van der Waals surface area contributed by atoms with Gasteiger partial charge in [-0.2, -0.15) is 0 Å². The molecule has 0 fully saturated rings. The van der Waals surface area contributed by atoms with Gasteiger partial charge >= 0.3 is 0 Å². The van der Waals surface area contributed by atoms with Crippen LogP contribution in [0.25, 0.3) is 5.57 Å². The van der Waals surface area contributed by atoms with Crippen molar-refractivity contribution in [1.82, 2.24) is 10.6 Å². The van der Waals surface area contributed by atoms with Crippen molar-refractivity contribution < 1.29 is 23.5 Å². The molecule has 200 valence electrons. The second-order valence-corrected chi connectivity index (χ2v) is 8.97. The summed E-state index contributed by atoms with van der Waals surface area (Å²) in [5.74, 6) is -2.23. The van der Waals surface area contributed by atoms with Crippen LogP contribution in [0.2, 0.25) is 0 Å². The van der Waals surface area contributed by atoms with E-state index < -0.39 is 17.7 Å². The molecule has 0 aliphatic carbocycles. The molecule has 4 N–H and O–H groups in total. The molecule has 2 aromatic rings. The fraction of sp³-hybridized carbons (Fsp3) is 0.393. The third-order valence-corrected chi connectivity index (χ3v) is 5.67. The van der Waals surface area contributed by atoms with Crippen LogP contribution in [0.3, 0.4) is 0 Å². The van der Waals surface area contributed by atoms with E-state index in [2.05, 4.69) is 20.9 Å². The zero-order valence-electron chi connectivity index (χ0n) is 22.0. The number of aliphatic hydroxyl groups is 1. The van der Waals surface area contributed by atoms with Crippen LogP contribution in [0.5, 0.6) is 0 Å². The highest BCUT2D eigenvalue weighted by Crippen LogP contribution is 2.22. The molecule has 2 amide bonds. The number of halogens is 2. The van der Waals surface area contributed by atoms with Gasteiger partial charge in [0.1, 0.15) is 0 Å². The van der Waals surface area contributed by atoms with Crippen LogP contribution in [-0.2, 0) is 11.2 Å². The molecule has 9 heteroatoms. The number of aryl methyl sites for hydroxylation is 2. The normalized spacial score (nSPS) is 12.8. The van der Waals surface area contributed by atoms with Crippen LogP contribution in [0, 0.1) is 18.6 Å². The monoisotopic (exact) mass is 514 g/mol. The highest BCUT2D eigenvalue weighted by atomic mass is 19.2. The number of carbonyl (C=O) groups is 2. The number of rotatable bonds is 12. The highest BCUT2D eigenvalue weighted by Gasteiger charge is 2.13. The van der Waals surface area contributed by atoms with E-state index >= 15 is 0 Å². The Hall–Kier alpha value is -3.59. The van der Waals surface area contributed by atoms with Crippen molar-refractivity contribution in [3.8, 4) is 0 Å². The number of allylic oxidation sites excluding steroid dienone is 1. The number of amides is 2. The molecule has 0 saturated heterocycles. The molecular weight excluding hydrogens is 478 g/mol. The number of carbonyl (C=O) groups excluding carboxylic acids is 2. The summed E-state index contributed by atoms with van der Waals surface area (Å²) in [5.41, 5.74) is 3.93. The zero-order valence-corrected chi connectivity index (χ0v) is 22.0. The van der Waals surface area contributed by atoms with E-state index in [0.717, 1.165) is 17.0 Å². The van der Waals surface area contributed by atoms with E-state index in [9.17, 15) is 23.5 Å². The van der Waals surface area contributed by atoms with Gasteiger partial charge in [0.15, 0.2) is 11.6 Å². The van der Waals surface area contributed by atoms with Gasteiger partial charge in [0.25, 0.3) is 5.91 Å². The Kier molecular flexibility index (Phi) is 11.4. The van der Waals surface area contributed by atoms with Crippen LogP contribution in [0.1, 0.15) is 61.2 Å². The largest absolute Gasteiger partial charge is 0.393 e. The van der Waals surface area contributed by atoms with Crippen molar-refractivity contribution in [2.75, 3.05) is 25.0 Å². The Balaban J connectivity index is 1.95. The smallest absolute Gasteiger partial charge is 0.251 e. The van der Waals surface area contributed by atoms with Crippen molar-refractivity contribution >= 4 is 28.8 Å². The minimum atomic E-state index is -0.878. The second kappa shape index (κ2) is 14.2. The maximum atomic E-state index is 14.2. The molecule has 0 spiro atoms. The van der Waals surface area contributed by atoms with Crippen molar-refractivity contribution in [3.63, 3.8) is 0 Å². The number of aliphatic hydroxyl groups excluding tert-OH is 1.